The van der Waals surface area contributed by atoms with Crippen molar-refractivity contribution in [3.8, 4) is 17.5 Å². The Labute approximate surface area is 161 Å². The number of pyridine rings is 1. The smallest absolute Gasteiger partial charge is 0.280 e. The zero-order chi connectivity index (χ0) is 18.8. The van der Waals surface area contributed by atoms with E-state index in [0.29, 0.717) is 28.2 Å². The lowest BCUT2D eigenvalue weighted by molar-refractivity contribution is 0.0443. The van der Waals surface area contributed by atoms with E-state index in [1.807, 2.05) is 6.92 Å². The van der Waals surface area contributed by atoms with Crippen LogP contribution in [0.2, 0.25) is 5.02 Å². The van der Waals surface area contributed by atoms with Crippen LogP contribution >= 0.6 is 11.6 Å². The van der Waals surface area contributed by atoms with Gasteiger partial charge in [0.1, 0.15) is 0 Å². The Morgan fingerprint density at radius 2 is 2.00 bits per heavy atom. The van der Waals surface area contributed by atoms with E-state index in [1.54, 1.807) is 30.5 Å². The first-order valence-electron chi connectivity index (χ1n) is 8.79. The Bertz CT molecular complexity index is 1080. The molecule has 1 N–H and O–H groups in total. The maximum Gasteiger partial charge on any atom is 0.280 e. The number of nitrogens with one attached hydrogen (secondary N) is 1. The number of hydrogen-bond acceptors (Lipinski definition) is 4. The van der Waals surface area contributed by atoms with Crippen LogP contribution in [0.4, 0.5) is 0 Å². The third-order valence-corrected chi connectivity index (χ3v) is 4.88. The number of H-pyrrole nitrogens is 1. The van der Waals surface area contributed by atoms with Crippen molar-refractivity contribution >= 4 is 22.5 Å². The minimum Gasteiger partial charge on any atom is -0.379 e. The summed E-state index contributed by atoms with van der Waals surface area (Å²) in [7, 11) is 0. The SMILES string of the molecule is Cc1ncc2c(=O)n(-c3ccc(Cl)cc3)[nH]c2c1C#CCN1CCOCC1. The Kier molecular flexibility index (Phi) is 4.99. The number of fused-ring (bicyclic) bond motifs is 1. The Morgan fingerprint density at radius 1 is 1.26 bits per heavy atom. The molecule has 0 bridgehead atoms. The molecule has 1 fully saturated rings. The normalized spacial score (nSPS) is 14.9. The first kappa shape index (κ1) is 17.8. The van der Waals surface area contributed by atoms with Crippen LogP contribution in [0.5, 0.6) is 0 Å². The van der Waals surface area contributed by atoms with Gasteiger partial charge in [0.15, 0.2) is 0 Å². The second kappa shape index (κ2) is 7.57. The standard InChI is InChI=1S/C20H19ClN4O2/c1-14-17(3-2-8-24-9-11-27-12-10-24)19-18(13-22-14)20(26)25(23-19)16-6-4-15(21)5-7-16/h4-7,13,23H,8-12H2,1H3. The molecule has 0 radical (unpaired) electrons. The van der Waals surface area contributed by atoms with Crippen molar-refractivity contribution in [1.29, 1.82) is 0 Å². The average Bonchev–Trinajstić information content (AvgIpc) is 3.02. The number of ether oxygens (including phenoxy) is 1. The molecule has 27 heavy (non-hydrogen) atoms. The maximum atomic E-state index is 12.8. The number of benzene rings is 1. The molecule has 0 atom stereocenters. The first-order valence-corrected chi connectivity index (χ1v) is 9.16. The number of aromatic nitrogens is 3. The van der Waals surface area contributed by atoms with Crippen LogP contribution in [0.3, 0.4) is 0 Å². The van der Waals surface area contributed by atoms with Crippen molar-refractivity contribution in [1.82, 2.24) is 19.7 Å². The number of halogens is 1. The molecule has 3 heterocycles. The van der Waals surface area contributed by atoms with E-state index < -0.39 is 0 Å². The van der Waals surface area contributed by atoms with Gasteiger partial charge in [-0.15, -0.1) is 0 Å². The second-order valence-corrected chi connectivity index (χ2v) is 6.86. The van der Waals surface area contributed by atoms with Crippen molar-refractivity contribution in [3.05, 3.63) is 57.1 Å². The minimum atomic E-state index is -0.156. The van der Waals surface area contributed by atoms with Crippen LogP contribution in [0.25, 0.3) is 16.6 Å². The number of nitrogens with zero attached hydrogens (tertiary/aromatic N) is 3. The molecule has 138 valence electrons. The fourth-order valence-corrected chi connectivity index (χ4v) is 3.22. The third-order valence-electron chi connectivity index (χ3n) is 4.63. The van der Waals surface area contributed by atoms with Crippen molar-refractivity contribution in [2.45, 2.75) is 6.92 Å². The highest BCUT2D eigenvalue weighted by Gasteiger charge is 2.14. The van der Waals surface area contributed by atoms with E-state index >= 15 is 0 Å². The van der Waals surface area contributed by atoms with Gasteiger partial charge in [-0.1, -0.05) is 23.4 Å². The summed E-state index contributed by atoms with van der Waals surface area (Å²) in [6.07, 6.45) is 1.60. The Hall–Kier alpha value is -2.59. The molecule has 1 aliphatic rings. The summed E-state index contributed by atoms with van der Waals surface area (Å²) in [6.45, 7) is 5.83. The second-order valence-electron chi connectivity index (χ2n) is 6.43. The number of hydrogen-bond donors (Lipinski definition) is 1. The molecule has 0 unspecified atom stereocenters. The molecule has 0 amide bonds. The molecule has 1 aliphatic heterocycles. The van der Waals surface area contributed by atoms with E-state index in [-0.39, 0.29) is 5.56 Å². The lowest BCUT2D eigenvalue weighted by Gasteiger charge is -2.24. The predicted octanol–water partition coefficient (Wildman–Crippen LogP) is 2.36. The highest BCUT2D eigenvalue weighted by Crippen LogP contribution is 2.18. The van der Waals surface area contributed by atoms with Crippen molar-refractivity contribution < 1.29 is 4.74 Å². The van der Waals surface area contributed by atoms with Gasteiger partial charge < -0.3 is 4.74 Å². The van der Waals surface area contributed by atoms with Gasteiger partial charge in [-0.2, -0.15) is 0 Å². The summed E-state index contributed by atoms with van der Waals surface area (Å²) in [5.41, 5.74) is 2.81. The molecule has 2 aromatic heterocycles. The monoisotopic (exact) mass is 382 g/mol. The highest BCUT2D eigenvalue weighted by atomic mass is 35.5. The summed E-state index contributed by atoms with van der Waals surface area (Å²) in [5, 5.41) is 4.32. The molecule has 1 aromatic carbocycles. The molecule has 0 aliphatic carbocycles. The maximum absolute atomic E-state index is 12.8. The predicted molar refractivity (Wildman–Crippen MR) is 106 cm³/mol. The fraction of sp³-hybridized carbons (Fsp3) is 0.300. The van der Waals surface area contributed by atoms with Gasteiger partial charge in [-0.05, 0) is 31.2 Å². The van der Waals surface area contributed by atoms with Gasteiger partial charge in [0.25, 0.3) is 5.56 Å². The lowest BCUT2D eigenvalue weighted by Crippen LogP contribution is -2.36. The van der Waals surface area contributed by atoms with E-state index in [0.717, 1.165) is 37.6 Å². The zero-order valence-electron chi connectivity index (χ0n) is 15.0. The van der Waals surface area contributed by atoms with Gasteiger partial charge in [0.05, 0.1) is 47.6 Å². The molecule has 1 saturated heterocycles. The lowest BCUT2D eigenvalue weighted by atomic mass is 10.1. The Balaban J connectivity index is 1.72. The summed E-state index contributed by atoms with van der Waals surface area (Å²) in [5.74, 6) is 6.42. The molecular formula is C20H19ClN4O2. The summed E-state index contributed by atoms with van der Waals surface area (Å²) >= 11 is 5.95. The van der Waals surface area contributed by atoms with Crippen LogP contribution in [0.15, 0.2) is 35.3 Å². The van der Waals surface area contributed by atoms with Crippen LogP contribution in [-0.2, 0) is 4.74 Å². The molecule has 0 saturated carbocycles. The van der Waals surface area contributed by atoms with E-state index in [2.05, 4.69) is 26.8 Å². The van der Waals surface area contributed by atoms with Gasteiger partial charge in [-0.3, -0.25) is 19.8 Å². The van der Waals surface area contributed by atoms with Crippen LogP contribution in [-0.4, -0.2) is 52.5 Å². The zero-order valence-corrected chi connectivity index (χ0v) is 15.7. The number of aryl methyl sites for hydroxylation is 1. The molecular weight excluding hydrogens is 364 g/mol. The third kappa shape index (κ3) is 3.62. The first-order chi connectivity index (χ1) is 13.1. The summed E-state index contributed by atoms with van der Waals surface area (Å²) in [4.78, 5) is 19.4. The minimum absolute atomic E-state index is 0.156. The van der Waals surface area contributed by atoms with E-state index in [1.165, 1.54) is 4.68 Å². The van der Waals surface area contributed by atoms with E-state index in [9.17, 15) is 4.79 Å². The molecule has 0 spiro atoms. The molecule has 4 rings (SSSR count). The van der Waals surface area contributed by atoms with Crippen molar-refractivity contribution in [3.63, 3.8) is 0 Å². The van der Waals surface area contributed by atoms with Crippen molar-refractivity contribution in [2.24, 2.45) is 0 Å². The van der Waals surface area contributed by atoms with Gasteiger partial charge >= 0.3 is 0 Å². The van der Waals surface area contributed by atoms with Gasteiger partial charge in [-0.25, -0.2) is 4.68 Å². The molecule has 3 aromatic rings. The summed E-state index contributed by atoms with van der Waals surface area (Å²) in [6, 6.07) is 7.09. The van der Waals surface area contributed by atoms with Crippen LogP contribution in [0.1, 0.15) is 11.3 Å². The number of rotatable bonds is 2. The average molecular weight is 383 g/mol. The fourth-order valence-electron chi connectivity index (χ4n) is 3.09. The largest absolute Gasteiger partial charge is 0.379 e. The van der Waals surface area contributed by atoms with Crippen LogP contribution < -0.4 is 5.56 Å². The van der Waals surface area contributed by atoms with Crippen molar-refractivity contribution in [2.75, 3.05) is 32.8 Å². The number of morpholine rings is 1. The summed E-state index contributed by atoms with van der Waals surface area (Å²) < 4.78 is 6.85. The topological polar surface area (TPSA) is 63.2 Å². The Morgan fingerprint density at radius 3 is 2.74 bits per heavy atom. The van der Waals surface area contributed by atoms with Gasteiger partial charge in [0, 0.05) is 24.3 Å². The molecule has 6 nitrogen and oxygen atoms in total. The molecule has 7 heteroatoms. The van der Waals surface area contributed by atoms with Crippen LogP contribution in [0, 0.1) is 18.8 Å². The number of aromatic amines is 1. The quantitative estimate of drug-likeness (QED) is 0.691. The van der Waals surface area contributed by atoms with E-state index in [4.69, 9.17) is 16.3 Å². The highest BCUT2D eigenvalue weighted by molar-refractivity contribution is 6.30. The van der Waals surface area contributed by atoms with Gasteiger partial charge in [0.2, 0.25) is 0 Å².